The van der Waals surface area contributed by atoms with E-state index >= 15 is 0 Å². The number of hydrogen-bond acceptors (Lipinski definition) is 0. The van der Waals surface area contributed by atoms with Crippen molar-refractivity contribution < 1.29 is 0 Å². The molecule has 0 aliphatic heterocycles. The van der Waals surface area contributed by atoms with Crippen molar-refractivity contribution >= 4 is 0 Å². The highest BCUT2D eigenvalue weighted by molar-refractivity contribution is 5.01. The van der Waals surface area contributed by atoms with Crippen LogP contribution in [-0.4, -0.2) is 0 Å². The first kappa shape index (κ1) is 23.0. The molecule has 2 unspecified atom stereocenters. The van der Waals surface area contributed by atoms with Crippen LogP contribution in [-0.2, 0) is 0 Å². The highest BCUT2D eigenvalue weighted by atomic mass is 14.3. The van der Waals surface area contributed by atoms with Crippen LogP contribution in [0, 0.1) is 22.7 Å². The summed E-state index contributed by atoms with van der Waals surface area (Å²) in [5.41, 5.74) is 1.09. The number of rotatable bonds is 4. The third-order valence-electron chi connectivity index (χ3n) is 4.40. The standard InChI is InChI=1S/C13H24.C6H14.C2H6/c1-5-9-13(3,4)10-12-8-6-7-11(12)2;1-5-6(2,3)4;1-2/h6,8,11-12H,5,7,9-10H2,1-4H3;5H2,1-4H3;1-2H3. The minimum atomic E-state index is 0.542. The molecule has 0 aromatic carbocycles. The zero-order valence-corrected chi connectivity index (χ0v) is 16.8. The minimum absolute atomic E-state index is 0.542. The van der Waals surface area contributed by atoms with Crippen molar-refractivity contribution in [3.05, 3.63) is 12.2 Å². The molecule has 0 N–H and O–H groups in total. The zero-order valence-electron chi connectivity index (χ0n) is 16.8. The van der Waals surface area contributed by atoms with Gasteiger partial charge in [0, 0.05) is 0 Å². The summed E-state index contributed by atoms with van der Waals surface area (Å²) in [5, 5.41) is 0. The Balaban J connectivity index is 0. The first-order valence-electron chi connectivity index (χ1n) is 9.28. The van der Waals surface area contributed by atoms with E-state index in [0.29, 0.717) is 10.8 Å². The highest BCUT2D eigenvalue weighted by Crippen LogP contribution is 2.37. The Hall–Kier alpha value is -0.260. The van der Waals surface area contributed by atoms with E-state index in [4.69, 9.17) is 0 Å². The van der Waals surface area contributed by atoms with Crippen LogP contribution >= 0.6 is 0 Å². The van der Waals surface area contributed by atoms with Gasteiger partial charge in [-0.25, -0.2) is 0 Å². The van der Waals surface area contributed by atoms with Crippen LogP contribution in [0.2, 0.25) is 0 Å². The molecule has 0 heterocycles. The predicted molar refractivity (Wildman–Crippen MR) is 101 cm³/mol. The van der Waals surface area contributed by atoms with E-state index < -0.39 is 0 Å². The second kappa shape index (κ2) is 11.3. The second-order valence-corrected chi connectivity index (χ2v) is 8.34. The lowest BCUT2D eigenvalue weighted by Gasteiger charge is -2.29. The zero-order chi connectivity index (χ0) is 17.1. The van der Waals surface area contributed by atoms with Crippen molar-refractivity contribution in [1.29, 1.82) is 0 Å². The Morgan fingerprint density at radius 3 is 1.76 bits per heavy atom. The summed E-state index contributed by atoms with van der Waals surface area (Å²) >= 11 is 0. The molecule has 0 aromatic heterocycles. The molecule has 21 heavy (non-hydrogen) atoms. The third kappa shape index (κ3) is 13.1. The molecular formula is C21H44. The van der Waals surface area contributed by atoms with E-state index in [9.17, 15) is 0 Å². The first-order chi connectivity index (χ1) is 9.61. The van der Waals surface area contributed by atoms with E-state index in [0.717, 1.165) is 11.8 Å². The van der Waals surface area contributed by atoms with Crippen LogP contribution in [0.4, 0.5) is 0 Å². The smallest absolute Gasteiger partial charge is 0.0200 e. The third-order valence-corrected chi connectivity index (χ3v) is 4.40. The van der Waals surface area contributed by atoms with Crippen LogP contribution in [0.1, 0.15) is 101 Å². The van der Waals surface area contributed by atoms with E-state index in [-0.39, 0.29) is 0 Å². The lowest BCUT2D eigenvalue weighted by atomic mass is 9.77. The van der Waals surface area contributed by atoms with Gasteiger partial charge in [0.1, 0.15) is 0 Å². The van der Waals surface area contributed by atoms with Gasteiger partial charge in [0.05, 0.1) is 0 Å². The van der Waals surface area contributed by atoms with Crippen molar-refractivity contribution in [1.82, 2.24) is 0 Å². The Kier molecular flexibility index (Phi) is 12.4. The lowest BCUT2D eigenvalue weighted by molar-refractivity contribution is 0.240. The molecule has 0 heteroatoms. The SMILES string of the molecule is CC.CCC(C)(C)C.CCCC(C)(C)CC1C=CCC1C. The molecule has 0 nitrogen and oxygen atoms in total. The molecule has 1 aliphatic carbocycles. The summed E-state index contributed by atoms with van der Waals surface area (Å²) in [6, 6.07) is 0. The van der Waals surface area contributed by atoms with Gasteiger partial charge in [-0.3, -0.25) is 0 Å². The molecule has 0 spiro atoms. The van der Waals surface area contributed by atoms with Gasteiger partial charge in [-0.1, -0.05) is 94.2 Å². The van der Waals surface area contributed by atoms with Crippen molar-refractivity contribution in [2.75, 3.05) is 0 Å². The molecule has 0 fully saturated rings. The fourth-order valence-corrected chi connectivity index (χ4v) is 2.52. The van der Waals surface area contributed by atoms with Gasteiger partial charge < -0.3 is 0 Å². The maximum absolute atomic E-state index is 2.43. The van der Waals surface area contributed by atoms with E-state index in [1.165, 1.54) is 32.1 Å². The molecular weight excluding hydrogens is 252 g/mol. The summed E-state index contributed by atoms with van der Waals surface area (Å²) in [6.07, 6.45) is 11.4. The topological polar surface area (TPSA) is 0 Å². The number of allylic oxidation sites excluding steroid dienone is 2. The van der Waals surface area contributed by atoms with E-state index in [2.05, 4.69) is 67.5 Å². The maximum atomic E-state index is 2.43. The monoisotopic (exact) mass is 296 g/mol. The molecule has 1 aliphatic rings. The molecule has 0 amide bonds. The van der Waals surface area contributed by atoms with Crippen molar-refractivity contribution in [3.63, 3.8) is 0 Å². The Bertz CT molecular complexity index is 252. The average Bonchev–Trinajstić information content (AvgIpc) is 2.76. The van der Waals surface area contributed by atoms with Gasteiger partial charge in [0.2, 0.25) is 0 Å². The van der Waals surface area contributed by atoms with Crippen LogP contribution in [0.3, 0.4) is 0 Å². The van der Waals surface area contributed by atoms with E-state index in [1.807, 2.05) is 13.8 Å². The van der Waals surface area contributed by atoms with Crippen molar-refractivity contribution in [3.8, 4) is 0 Å². The average molecular weight is 297 g/mol. The van der Waals surface area contributed by atoms with E-state index in [1.54, 1.807) is 0 Å². The van der Waals surface area contributed by atoms with Gasteiger partial charge in [-0.15, -0.1) is 0 Å². The van der Waals surface area contributed by atoms with Crippen molar-refractivity contribution in [2.24, 2.45) is 22.7 Å². The number of hydrogen-bond donors (Lipinski definition) is 0. The lowest BCUT2D eigenvalue weighted by Crippen LogP contribution is -2.18. The maximum Gasteiger partial charge on any atom is -0.0200 e. The predicted octanol–water partition coefficient (Wildman–Crippen LogP) is 7.88. The van der Waals surface area contributed by atoms with Gasteiger partial charge in [0.15, 0.2) is 0 Å². The summed E-state index contributed by atoms with van der Waals surface area (Å²) in [7, 11) is 0. The molecule has 0 saturated carbocycles. The van der Waals surface area contributed by atoms with Gasteiger partial charge in [-0.05, 0) is 41.9 Å². The quantitative estimate of drug-likeness (QED) is 0.463. The van der Waals surface area contributed by atoms with Crippen LogP contribution in [0.5, 0.6) is 0 Å². The molecule has 1 rings (SSSR count). The molecule has 0 radical (unpaired) electrons. The van der Waals surface area contributed by atoms with Gasteiger partial charge >= 0.3 is 0 Å². The molecule has 0 bridgehead atoms. The molecule has 2 atom stereocenters. The fourth-order valence-electron chi connectivity index (χ4n) is 2.52. The van der Waals surface area contributed by atoms with Crippen molar-refractivity contribution in [2.45, 2.75) is 101 Å². The largest absolute Gasteiger partial charge is 0.0880 e. The Labute approximate surface area is 136 Å². The molecule has 0 saturated heterocycles. The summed E-state index contributed by atoms with van der Waals surface area (Å²) in [5.74, 6) is 1.73. The highest BCUT2D eigenvalue weighted by Gasteiger charge is 2.26. The first-order valence-corrected chi connectivity index (χ1v) is 9.28. The summed E-state index contributed by atoms with van der Waals surface area (Å²) in [6.45, 7) is 22.4. The Morgan fingerprint density at radius 2 is 1.48 bits per heavy atom. The van der Waals surface area contributed by atoms with Crippen LogP contribution < -0.4 is 0 Å². The summed E-state index contributed by atoms with van der Waals surface area (Å²) in [4.78, 5) is 0. The van der Waals surface area contributed by atoms with Crippen LogP contribution in [0.25, 0.3) is 0 Å². The minimum Gasteiger partial charge on any atom is -0.0880 e. The second-order valence-electron chi connectivity index (χ2n) is 8.34. The Morgan fingerprint density at radius 1 is 1.00 bits per heavy atom. The normalized spacial score (nSPS) is 21.2. The fraction of sp³-hybridized carbons (Fsp3) is 0.905. The molecule has 128 valence electrons. The van der Waals surface area contributed by atoms with Crippen LogP contribution in [0.15, 0.2) is 12.2 Å². The van der Waals surface area contributed by atoms with Gasteiger partial charge in [0.25, 0.3) is 0 Å². The van der Waals surface area contributed by atoms with Gasteiger partial charge in [-0.2, -0.15) is 0 Å². The summed E-state index contributed by atoms with van der Waals surface area (Å²) < 4.78 is 0. The molecule has 0 aromatic rings.